The Morgan fingerprint density at radius 2 is 2.00 bits per heavy atom. The molecule has 130 valence electrons. The quantitative estimate of drug-likeness (QED) is 0.864. The fraction of sp³-hybridized carbons (Fsp3) is 0.824. The molecular weight excluding hydrogens is 296 g/mol. The molecule has 0 aromatic heterocycles. The zero-order valence-electron chi connectivity index (χ0n) is 14.6. The van der Waals surface area contributed by atoms with Crippen molar-refractivity contribution in [2.24, 2.45) is 5.41 Å². The van der Waals surface area contributed by atoms with Crippen LogP contribution in [0.3, 0.4) is 0 Å². The summed E-state index contributed by atoms with van der Waals surface area (Å²) in [5, 5.41) is 2.61. The van der Waals surface area contributed by atoms with Crippen molar-refractivity contribution in [2.45, 2.75) is 70.9 Å². The number of carbonyl (C=O) groups is 3. The van der Waals surface area contributed by atoms with Gasteiger partial charge in [-0.25, -0.2) is 4.79 Å². The Morgan fingerprint density at radius 3 is 2.52 bits per heavy atom. The van der Waals surface area contributed by atoms with Crippen LogP contribution in [0.5, 0.6) is 0 Å². The minimum absolute atomic E-state index is 0.0292. The van der Waals surface area contributed by atoms with Gasteiger partial charge in [-0.1, -0.05) is 0 Å². The van der Waals surface area contributed by atoms with E-state index in [1.54, 1.807) is 11.9 Å². The van der Waals surface area contributed by atoms with Gasteiger partial charge in [0.15, 0.2) is 0 Å². The minimum atomic E-state index is -0.538. The fourth-order valence-corrected chi connectivity index (χ4v) is 3.60. The van der Waals surface area contributed by atoms with Gasteiger partial charge in [0.05, 0.1) is 0 Å². The first-order chi connectivity index (χ1) is 10.6. The number of ketones is 1. The van der Waals surface area contributed by atoms with Crippen molar-refractivity contribution in [1.82, 2.24) is 10.2 Å². The number of nitrogens with zero attached hydrogens (tertiary/aromatic N) is 1. The Morgan fingerprint density at radius 1 is 1.35 bits per heavy atom. The van der Waals surface area contributed by atoms with Crippen molar-refractivity contribution in [3.8, 4) is 0 Å². The predicted molar refractivity (Wildman–Crippen MR) is 85.9 cm³/mol. The molecule has 1 aliphatic carbocycles. The molecule has 1 atom stereocenters. The smallest absolute Gasteiger partial charge is 0.410 e. The molecule has 0 aromatic rings. The van der Waals surface area contributed by atoms with E-state index < -0.39 is 5.60 Å². The molecule has 0 aromatic carbocycles. The largest absolute Gasteiger partial charge is 0.444 e. The second-order valence-corrected chi connectivity index (χ2v) is 7.89. The SMILES string of the molecule is CNC(=O)CCC1CC2(CCN1C(=O)OC(C)(C)C)CC(=O)C2. The van der Waals surface area contributed by atoms with Crippen LogP contribution in [0.1, 0.15) is 59.3 Å². The summed E-state index contributed by atoms with van der Waals surface area (Å²) in [6.07, 6.45) is 3.53. The van der Waals surface area contributed by atoms with Crippen molar-refractivity contribution in [3.63, 3.8) is 0 Å². The predicted octanol–water partition coefficient (Wildman–Crippen LogP) is 2.26. The van der Waals surface area contributed by atoms with E-state index in [1.165, 1.54) is 0 Å². The molecule has 1 unspecified atom stereocenters. The lowest BCUT2D eigenvalue weighted by atomic mass is 9.60. The van der Waals surface area contributed by atoms with E-state index in [0.29, 0.717) is 38.0 Å². The summed E-state index contributed by atoms with van der Waals surface area (Å²) in [5.41, 5.74) is -0.493. The molecule has 2 aliphatic rings. The number of piperidine rings is 1. The molecular formula is C17H28N2O4. The van der Waals surface area contributed by atoms with Crippen LogP contribution in [0.4, 0.5) is 4.79 Å². The number of carbonyl (C=O) groups excluding carboxylic acids is 3. The zero-order valence-corrected chi connectivity index (χ0v) is 14.6. The number of Topliss-reactive ketones (excluding diaryl/α,β-unsaturated/α-hetero) is 1. The highest BCUT2D eigenvalue weighted by atomic mass is 16.6. The lowest BCUT2D eigenvalue weighted by Gasteiger charge is -2.50. The van der Waals surface area contributed by atoms with E-state index in [9.17, 15) is 14.4 Å². The number of hydrogen-bond acceptors (Lipinski definition) is 4. The third-order valence-electron chi connectivity index (χ3n) is 4.75. The van der Waals surface area contributed by atoms with Gasteiger partial charge in [0.2, 0.25) is 5.91 Å². The molecule has 0 radical (unpaired) electrons. The third-order valence-corrected chi connectivity index (χ3v) is 4.75. The summed E-state index contributed by atoms with van der Waals surface area (Å²) in [6.45, 7) is 6.14. The first-order valence-corrected chi connectivity index (χ1v) is 8.36. The molecule has 2 fully saturated rings. The van der Waals surface area contributed by atoms with Crippen LogP contribution in [-0.2, 0) is 14.3 Å². The average molecular weight is 324 g/mol. The monoisotopic (exact) mass is 324 g/mol. The highest BCUT2D eigenvalue weighted by molar-refractivity contribution is 5.86. The van der Waals surface area contributed by atoms with E-state index in [2.05, 4.69) is 5.32 Å². The molecule has 23 heavy (non-hydrogen) atoms. The summed E-state index contributed by atoms with van der Waals surface area (Å²) < 4.78 is 5.50. The topological polar surface area (TPSA) is 75.7 Å². The van der Waals surface area contributed by atoms with E-state index in [1.807, 2.05) is 20.8 Å². The molecule has 1 saturated carbocycles. The van der Waals surface area contributed by atoms with Gasteiger partial charge in [-0.2, -0.15) is 0 Å². The van der Waals surface area contributed by atoms with E-state index >= 15 is 0 Å². The van der Waals surface area contributed by atoms with E-state index in [-0.39, 0.29) is 23.5 Å². The van der Waals surface area contributed by atoms with Crippen molar-refractivity contribution in [1.29, 1.82) is 0 Å². The first kappa shape index (κ1) is 17.8. The molecule has 2 rings (SSSR count). The number of rotatable bonds is 3. The summed E-state index contributed by atoms with van der Waals surface area (Å²) in [6, 6.07) is -0.0380. The average Bonchev–Trinajstić information content (AvgIpc) is 2.41. The summed E-state index contributed by atoms with van der Waals surface area (Å²) in [5.74, 6) is 0.277. The second-order valence-electron chi connectivity index (χ2n) is 7.89. The Balaban J connectivity index is 2.04. The normalized spacial score (nSPS) is 23.4. The van der Waals surface area contributed by atoms with Crippen LogP contribution in [0.25, 0.3) is 0 Å². The summed E-state index contributed by atoms with van der Waals surface area (Å²) in [7, 11) is 1.61. The van der Waals surface area contributed by atoms with Gasteiger partial charge in [-0.05, 0) is 45.4 Å². The maximum Gasteiger partial charge on any atom is 0.410 e. The number of hydrogen-bond donors (Lipinski definition) is 1. The van der Waals surface area contributed by atoms with Crippen LogP contribution < -0.4 is 5.32 Å². The molecule has 0 bridgehead atoms. The molecule has 6 nitrogen and oxygen atoms in total. The van der Waals surface area contributed by atoms with Gasteiger partial charge >= 0.3 is 6.09 Å². The highest BCUT2D eigenvalue weighted by Crippen LogP contribution is 2.49. The molecule has 1 aliphatic heterocycles. The maximum absolute atomic E-state index is 12.5. The molecule has 1 saturated heterocycles. The van der Waals surface area contributed by atoms with Gasteiger partial charge in [0.1, 0.15) is 11.4 Å². The number of amides is 2. The number of likely N-dealkylation sites (tertiary alicyclic amines) is 1. The minimum Gasteiger partial charge on any atom is -0.444 e. The van der Waals surface area contributed by atoms with Gasteiger partial charge < -0.3 is 15.0 Å². The van der Waals surface area contributed by atoms with Crippen LogP contribution in [0.15, 0.2) is 0 Å². The van der Waals surface area contributed by atoms with Crippen molar-refractivity contribution in [3.05, 3.63) is 0 Å². The van der Waals surface area contributed by atoms with Gasteiger partial charge in [0.25, 0.3) is 0 Å². The second kappa shape index (κ2) is 6.49. The van der Waals surface area contributed by atoms with Crippen LogP contribution in [-0.4, -0.2) is 47.9 Å². The molecule has 1 N–H and O–H groups in total. The summed E-state index contributed by atoms with van der Waals surface area (Å²) >= 11 is 0. The van der Waals surface area contributed by atoms with Gasteiger partial charge in [-0.3, -0.25) is 9.59 Å². The van der Waals surface area contributed by atoms with Gasteiger partial charge in [-0.15, -0.1) is 0 Å². The highest BCUT2D eigenvalue weighted by Gasteiger charge is 2.49. The fourth-order valence-electron chi connectivity index (χ4n) is 3.60. The zero-order chi connectivity index (χ0) is 17.3. The van der Waals surface area contributed by atoms with Crippen LogP contribution in [0.2, 0.25) is 0 Å². The van der Waals surface area contributed by atoms with Crippen molar-refractivity contribution in [2.75, 3.05) is 13.6 Å². The first-order valence-electron chi connectivity index (χ1n) is 8.36. The van der Waals surface area contributed by atoms with Crippen LogP contribution >= 0.6 is 0 Å². The van der Waals surface area contributed by atoms with Crippen molar-refractivity contribution >= 4 is 17.8 Å². The standard InChI is InChI=1S/C17H28N2O4/c1-16(2,3)23-15(22)19-8-7-17(10-13(20)11-17)9-12(19)5-6-14(21)18-4/h12H,5-11H2,1-4H3,(H,18,21). The Labute approximate surface area is 137 Å². The molecule has 1 spiro atoms. The lowest BCUT2D eigenvalue weighted by Crippen LogP contribution is -2.55. The Kier molecular flexibility index (Phi) is 5.01. The number of nitrogens with one attached hydrogen (secondary N) is 1. The lowest BCUT2D eigenvalue weighted by molar-refractivity contribution is -0.137. The molecule has 2 amide bonds. The number of ether oxygens (including phenoxy) is 1. The Hall–Kier alpha value is -1.59. The van der Waals surface area contributed by atoms with Gasteiger partial charge in [0, 0.05) is 38.9 Å². The van der Waals surface area contributed by atoms with E-state index in [4.69, 9.17) is 4.74 Å². The summed E-state index contributed by atoms with van der Waals surface area (Å²) in [4.78, 5) is 37.2. The van der Waals surface area contributed by atoms with Crippen LogP contribution in [0, 0.1) is 5.41 Å². The maximum atomic E-state index is 12.5. The van der Waals surface area contributed by atoms with Crippen molar-refractivity contribution < 1.29 is 19.1 Å². The Bertz CT molecular complexity index is 487. The third kappa shape index (κ3) is 4.45. The molecule has 6 heteroatoms. The molecule has 1 heterocycles. The van der Waals surface area contributed by atoms with E-state index in [0.717, 1.165) is 12.8 Å².